The van der Waals surface area contributed by atoms with Crippen molar-refractivity contribution in [2.24, 2.45) is 15.3 Å². The minimum Gasteiger partial charge on any atom is -0.508 e. The number of hydrogen-bond donors (Lipinski definition) is 2. The summed E-state index contributed by atoms with van der Waals surface area (Å²) in [7, 11) is 0. The molecule has 1 aliphatic rings. The first kappa shape index (κ1) is 22.2. The number of anilines is 1. The Balaban J connectivity index is 1.54. The summed E-state index contributed by atoms with van der Waals surface area (Å²) in [6.45, 7) is 0. The summed E-state index contributed by atoms with van der Waals surface area (Å²) in [6.07, 6.45) is 0.498. The van der Waals surface area contributed by atoms with Crippen LogP contribution in [0.4, 0.5) is 22.2 Å². The third kappa shape index (κ3) is 4.57. The summed E-state index contributed by atoms with van der Waals surface area (Å²) in [5.74, 6) is 0.475. The molecule has 0 amide bonds. The zero-order chi connectivity index (χ0) is 24.4. The number of nitrogens with zero attached hydrogens (tertiary/aromatic N) is 5. The highest BCUT2D eigenvalue weighted by Gasteiger charge is 2.34. The number of aromatic nitrogens is 1. The molecule has 0 aliphatic carbocycles. The summed E-state index contributed by atoms with van der Waals surface area (Å²) in [4.78, 5) is 25.2. The average Bonchev–Trinajstić information content (AvgIpc) is 3.47. The molecule has 1 aromatic heterocycles. The molecule has 11 heteroatoms. The lowest BCUT2D eigenvalue weighted by molar-refractivity contribution is -0.384. The smallest absolute Gasteiger partial charge is 0.308 e. The van der Waals surface area contributed by atoms with Gasteiger partial charge < -0.3 is 5.11 Å². The molecule has 0 saturated heterocycles. The standard InChI is InChI=1S/C24H18N6O4S/c31-21-9-5-4-8-18(21)20-14-19(15-6-2-1-3-7-15)28-29(20)22-23(35-24(32)25-22)27-26-16-10-12-17(13-11-16)30(33)34/h1-13,20,31H,14H2,(H,25,32)/t20-/m1/s1. The molecule has 0 radical (unpaired) electrons. The Kier molecular flexibility index (Phi) is 5.90. The van der Waals surface area contributed by atoms with Crippen LogP contribution in [0.5, 0.6) is 5.75 Å². The molecular formula is C24H18N6O4S. The highest BCUT2D eigenvalue weighted by Crippen LogP contribution is 2.43. The van der Waals surface area contributed by atoms with Crippen molar-refractivity contribution >= 4 is 39.2 Å². The minimum absolute atomic E-state index is 0.0544. The van der Waals surface area contributed by atoms with Crippen LogP contribution in [0.15, 0.2) is 99.0 Å². The van der Waals surface area contributed by atoms with Crippen molar-refractivity contribution in [3.05, 3.63) is 110 Å². The lowest BCUT2D eigenvalue weighted by Crippen LogP contribution is -2.19. The molecule has 2 N–H and O–H groups in total. The summed E-state index contributed by atoms with van der Waals surface area (Å²) < 4.78 is 0. The maximum absolute atomic E-state index is 12.3. The fourth-order valence-electron chi connectivity index (χ4n) is 3.81. The van der Waals surface area contributed by atoms with Gasteiger partial charge in [-0.1, -0.05) is 59.9 Å². The maximum atomic E-state index is 12.3. The fraction of sp³-hybridized carbons (Fsp3) is 0.0833. The number of hydrazone groups is 1. The maximum Gasteiger partial charge on any atom is 0.308 e. The van der Waals surface area contributed by atoms with Crippen LogP contribution < -0.4 is 9.88 Å². The Morgan fingerprint density at radius 1 is 1.03 bits per heavy atom. The van der Waals surface area contributed by atoms with Gasteiger partial charge in [0.05, 0.1) is 22.4 Å². The van der Waals surface area contributed by atoms with Crippen molar-refractivity contribution in [2.75, 3.05) is 5.01 Å². The molecule has 10 nitrogen and oxygen atoms in total. The molecular weight excluding hydrogens is 468 g/mol. The zero-order valence-electron chi connectivity index (χ0n) is 18.1. The van der Waals surface area contributed by atoms with Gasteiger partial charge >= 0.3 is 4.87 Å². The monoisotopic (exact) mass is 486 g/mol. The van der Waals surface area contributed by atoms with Gasteiger partial charge in [0.25, 0.3) is 5.69 Å². The van der Waals surface area contributed by atoms with Gasteiger partial charge in [0, 0.05) is 24.1 Å². The van der Waals surface area contributed by atoms with E-state index in [1.54, 1.807) is 17.1 Å². The number of nitro groups is 1. The van der Waals surface area contributed by atoms with E-state index in [1.807, 2.05) is 42.5 Å². The Labute approximate surface area is 202 Å². The number of H-pyrrole nitrogens is 1. The van der Waals surface area contributed by atoms with Gasteiger partial charge in [-0.15, -0.1) is 10.2 Å². The molecule has 0 bridgehead atoms. The second-order valence-electron chi connectivity index (χ2n) is 7.68. The second kappa shape index (κ2) is 9.31. The molecule has 2 heterocycles. The number of rotatable bonds is 6. The quantitative estimate of drug-likeness (QED) is 0.201. The van der Waals surface area contributed by atoms with Crippen molar-refractivity contribution in [3.63, 3.8) is 0 Å². The van der Waals surface area contributed by atoms with Crippen LogP contribution in [-0.4, -0.2) is 20.7 Å². The minimum atomic E-state index is -0.494. The Morgan fingerprint density at radius 2 is 1.74 bits per heavy atom. The van der Waals surface area contributed by atoms with E-state index in [-0.39, 0.29) is 22.4 Å². The van der Waals surface area contributed by atoms with Crippen LogP contribution in [0.1, 0.15) is 23.6 Å². The summed E-state index contributed by atoms with van der Waals surface area (Å²) in [5, 5.41) is 36.5. The molecule has 3 aromatic carbocycles. The highest BCUT2D eigenvalue weighted by molar-refractivity contribution is 7.13. The van der Waals surface area contributed by atoms with Crippen LogP contribution in [0.25, 0.3) is 0 Å². The molecule has 0 unspecified atom stereocenters. The number of aromatic amines is 1. The summed E-state index contributed by atoms with van der Waals surface area (Å²) >= 11 is 0.874. The number of aromatic hydroxyl groups is 1. The lowest BCUT2D eigenvalue weighted by atomic mass is 9.98. The van der Waals surface area contributed by atoms with E-state index in [1.165, 1.54) is 24.3 Å². The topological polar surface area (TPSA) is 137 Å². The molecule has 1 aliphatic heterocycles. The van der Waals surface area contributed by atoms with Gasteiger partial charge in [0.2, 0.25) is 0 Å². The van der Waals surface area contributed by atoms with E-state index in [2.05, 4.69) is 15.2 Å². The first-order chi connectivity index (χ1) is 17.0. The van der Waals surface area contributed by atoms with Gasteiger partial charge in [-0.05, 0) is 23.8 Å². The van der Waals surface area contributed by atoms with E-state index in [0.717, 1.165) is 22.6 Å². The zero-order valence-corrected chi connectivity index (χ0v) is 18.9. The van der Waals surface area contributed by atoms with Crippen molar-refractivity contribution in [1.82, 2.24) is 4.98 Å². The van der Waals surface area contributed by atoms with E-state index in [9.17, 15) is 20.0 Å². The number of nitro benzene ring substituents is 1. The summed E-state index contributed by atoms with van der Waals surface area (Å²) in [6, 6.07) is 21.9. The van der Waals surface area contributed by atoms with Crippen LogP contribution in [0.3, 0.4) is 0 Å². The van der Waals surface area contributed by atoms with Crippen molar-refractivity contribution < 1.29 is 10.0 Å². The molecule has 0 saturated carbocycles. The lowest BCUT2D eigenvalue weighted by Gasteiger charge is -2.23. The Morgan fingerprint density at radius 3 is 2.46 bits per heavy atom. The van der Waals surface area contributed by atoms with Crippen LogP contribution in [-0.2, 0) is 0 Å². The number of non-ortho nitro benzene ring substituents is 1. The molecule has 0 fully saturated rings. The number of benzene rings is 3. The number of phenolic OH excluding ortho intramolecular Hbond substituents is 1. The molecule has 35 heavy (non-hydrogen) atoms. The number of thiazole rings is 1. The first-order valence-electron chi connectivity index (χ1n) is 10.6. The molecule has 174 valence electrons. The molecule has 1 atom stereocenters. The molecule has 4 aromatic rings. The van der Waals surface area contributed by atoms with E-state index < -0.39 is 4.92 Å². The second-order valence-corrected chi connectivity index (χ2v) is 8.64. The van der Waals surface area contributed by atoms with E-state index in [0.29, 0.717) is 28.5 Å². The average molecular weight is 487 g/mol. The Bertz CT molecular complexity index is 1490. The highest BCUT2D eigenvalue weighted by atomic mass is 32.1. The predicted octanol–water partition coefficient (Wildman–Crippen LogP) is 5.82. The first-order valence-corrected chi connectivity index (χ1v) is 11.4. The molecule has 5 rings (SSSR count). The van der Waals surface area contributed by atoms with E-state index in [4.69, 9.17) is 5.10 Å². The van der Waals surface area contributed by atoms with Crippen molar-refractivity contribution in [1.29, 1.82) is 0 Å². The number of nitrogens with one attached hydrogen (secondary N) is 1. The Hall–Kier alpha value is -4.64. The van der Waals surface area contributed by atoms with Crippen molar-refractivity contribution in [2.45, 2.75) is 12.5 Å². The fourth-order valence-corrected chi connectivity index (χ4v) is 4.46. The number of hydrogen-bond acceptors (Lipinski definition) is 9. The van der Waals surface area contributed by atoms with E-state index >= 15 is 0 Å². The SMILES string of the molecule is O=c1[nH]c(N2N=C(c3ccccc3)C[C@@H]2c2ccccc2O)c(N=Nc2ccc([N+](=O)[O-])cc2)s1. The normalized spacial score (nSPS) is 15.5. The van der Waals surface area contributed by atoms with Crippen molar-refractivity contribution in [3.8, 4) is 5.75 Å². The van der Waals surface area contributed by atoms with Gasteiger partial charge in [-0.2, -0.15) is 5.10 Å². The number of para-hydroxylation sites is 1. The van der Waals surface area contributed by atoms with Gasteiger partial charge in [-0.25, -0.2) is 5.01 Å². The van der Waals surface area contributed by atoms with Gasteiger partial charge in [-0.3, -0.25) is 19.9 Å². The van der Waals surface area contributed by atoms with Crippen LogP contribution in [0, 0.1) is 10.1 Å². The van der Waals surface area contributed by atoms with Crippen LogP contribution in [0.2, 0.25) is 0 Å². The third-order valence-corrected chi connectivity index (χ3v) is 6.23. The number of phenols is 1. The third-order valence-electron chi connectivity index (χ3n) is 5.47. The summed E-state index contributed by atoms with van der Waals surface area (Å²) in [5.41, 5.74) is 2.73. The van der Waals surface area contributed by atoms with Crippen LogP contribution >= 0.6 is 11.3 Å². The largest absolute Gasteiger partial charge is 0.508 e. The number of azo groups is 1. The molecule has 0 spiro atoms. The van der Waals surface area contributed by atoms with Gasteiger partial charge in [0.1, 0.15) is 5.75 Å². The predicted molar refractivity (Wildman–Crippen MR) is 133 cm³/mol. The van der Waals surface area contributed by atoms with Gasteiger partial charge in [0.15, 0.2) is 10.8 Å².